The number of hydrogen-bond donors (Lipinski definition) is 1. The van der Waals surface area contributed by atoms with Crippen molar-refractivity contribution in [1.82, 2.24) is 5.32 Å². The summed E-state index contributed by atoms with van der Waals surface area (Å²) < 4.78 is 27.1. The van der Waals surface area contributed by atoms with Crippen LogP contribution in [0.15, 0.2) is 28.7 Å². The molecule has 0 spiro atoms. The number of benzene rings is 1. The fourth-order valence-electron chi connectivity index (χ4n) is 1.76. The maximum atomic E-state index is 13.2. The van der Waals surface area contributed by atoms with Crippen molar-refractivity contribution in [3.63, 3.8) is 0 Å². The van der Waals surface area contributed by atoms with E-state index in [9.17, 15) is 8.78 Å². The van der Waals surface area contributed by atoms with Crippen molar-refractivity contribution >= 4 is 27.3 Å². The number of thiophene rings is 1. The van der Waals surface area contributed by atoms with Gasteiger partial charge in [0.05, 0.1) is 0 Å². The molecule has 102 valence electrons. The molecule has 1 N–H and O–H groups in total. The number of nitrogens with one attached hydrogen (secondary N) is 1. The zero-order chi connectivity index (χ0) is 14.0. The molecule has 0 aliphatic carbocycles. The van der Waals surface area contributed by atoms with Gasteiger partial charge < -0.3 is 5.32 Å². The van der Waals surface area contributed by atoms with Gasteiger partial charge in [-0.2, -0.15) is 0 Å². The first-order valence-electron chi connectivity index (χ1n) is 5.90. The molecule has 0 fully saturated rings. The van der Waals surface area contributed by atoms with Crippen molar-refractivity contribution in [2.75, 3.05) is 0 Å². The van der Waals surface area contributed by atoms with Crippen LogP contribution in [0.4, 0.5) is 8.78 Å². The highest BCUT2D eigenvalue weighted by atomic mass is 79.9. The predicted octanol–water partition coefficient (Wildman–Crippen LogP) is 4.95. The Bertz CT molecular complexity index is 563. The van der Waals surface area contributed by atoms with Crippen LogP contribution in [0.25, 0.3) is 0 Å². The lowest BCUT2D eigenvalue weighted by molar-refractivity contribution is 0.501. The lowest BCUT2D eigenvalue weighted by Crippen LogP contribution is -2.17. The fraction of sp³-hybridized carbons (Fsp3) is 0.286. The number of aryl methyl sites for hydroxylation is 1. The summed E-state index contributed by atoms with van der Waals surface area (Å²) in [5, 5.41) is 3.30. The van der Waals surface area contributed by atoms with Crippen molar-refractivity contribution < 1.29 is 8.78 Å². The van der Waals surface area contributed by atoms with E-state index in [1.54, 1.807) is 17.4 Å². The molecule has 19 heavy (non-hydrogen) atoms. The van der Waals surface area contributed by atoms with Crippen molar-refractivity contribution in [2.45, 2.75) is 26.4 Å². The third-order valence-electron chi connectivity index (χ3n) is 2.93. The molecule has 0 aliphatic rings. The van der Waals surface area contributed by atoms with Gasteiger partial charge in [0, 0.05) is 26.8 Å². The standard InChI is InChI=1S/C14H14BrF2NS/c1-8(10-3-4-13(16)14(17)5-10)18-7-11-6-12(15)9(2)19-11/h3-6,8,18H,7H2,1-2H3. The van der Waals surface area contributed by atoms with Crippen molar-refractivity contribution in [3.8, 4) is 0 Å². The molecule has 1 heterocycles. The summed E-state index contributed by atoms with van der Waals surface area (Å²) in [4.78, 5) is 2.44. The molecule has 0 saturated heterocycles. The van der Waals surface area contributed by atoms with E-state index in [1.807, 2.05) is 6.92 Å². The molecule has 5 heteroatoms. The van der Waals surface area contributed by atoms with Crippen molar-refractivity contribution in [1.29, 1.82) is 0 Å². The summed E-state index contributed by atoms with van der Waals surface area (Å²) in [6, 6.07) is 6.05. The van der Waals surface area contributed by atoms with E-state index in [2.05, 4.69) is 34.2 Å². The lowest BCUT2D eigenvalue weighted by atomic mass is 10.1. The molecular formula is C14H14BrF2NS. The van der Waals surface area contributed by atoms with Gasteiger partial charge in [-0.1, -0.05) is 6.07 Å². The first-order chi connectivity index (χ1) is 8.97. The highest BCUT2D eigenvalue weighted by molar-refractivity contribution is 9.10. The average Bonchev–Trinajstić information content (AvgIpc) is 2.69. The molecule has 2 rings (SSSR count). The van der Waals surface area contributed by atoms with E-state index in [-0.39, 0.29) is 6.04 Å². The van der Waals surface area contributed by atoms with Gasteiger partial charge in [0.2, 0.25) is 0 Å². The Hall–Kier alpha value is -0.780. The molecule has 0 saturated carbocycles. The monoisotopic (exact) mass is 345 g/mol. The van der Waals surface area contributed by atoms with Gasteiger partial charge in [-0.05, 0) is 53.5 Å². The summed E-state index contributed by atoms with van der Waals surface area (Å²) in [5.74, 6) is -1.62. The SMILES string of the molecule is Cc1sc(CNC(C)c2ccc(F)c(F)c2)cc1Br. The molecule has 1 nitrogen and oxygen atoms in total. The number of hydrogen-bond acceptors (Lipinski definition) is 2. The maximum absolute atomic E-state index is 13.2. The first kappa shape index (κ1) is 14.6. The molecule has 0 aliphatic heterocycles. The molecule has 1 unspecified atom stereocenters. The highest BCUT2D eigenvalue weighted by Gasteiger charge is 2.10. The van der Waals surface area contributed by atoms with E-state index < -0.39 is 11.6 Å². The second-order valence-corrected chi connectivity index (χ2v) is 6.59. The minimum atomic E-state index is -0.811. The van der Waals surface area contributed by atoms with Crippen LogP contribution in [-0.2, 0) is 6.54 Å². The van der Waals surface area contributed by atoms with Gasteiger partial charge in [0.1, 0.15) is 0 Å². The van der Waals surface area contributed by atoms with E-state index >= 15 is 0 Å². The zero-order valence-electron chi connectivity index (χ0n) is 10.6. The second kappa shape index (κ2) is 6.11. The normalized spacial score (nSPS) is 12.7. The lowest BCUT2D eigenvalue weighted by Gasteiger charge is -2.13. The molecule has 1 aromatic carbocycles. The van der Waals surface area contributed by atoms with Crippen LogP contribution in [0.5, 0.6) is 0 Å². The van der Waals surface area contributed by atoms with E-state index in [0.717, 1.165) is 16.1 Å². The Labute approximate surface area is 123 Å². The van der Waals surface area contributed by atoms with Crippen LogP contribution in [0.3, 0.4) is 0 Å². The smallest absolute Gasteiger partial charge is 0.159 e. The van der Waals surface area contributed by atoms with Gasteiger partial charge >= 0.3 is 0 Å². The largest absolute Gasteiger partial charge is 0.305 e. The maximum Gasteiger partial charge on any atom is 0.159 e. The average molecular weight is 346 g/mol. The zero-order valence-corrected chi connectivity index (χ0v) is 13.0. The summed E-state index contributed by atoms with van der Waals surface area (Å²) in [6.45, 7) is 4.69. The van der Waals surface area contributed by atoms with E-state index in [4.69, 9.17) is 0 Å². The van der Waals surface area contributed by atoms with Crippen LogP contribution in [0, 0.1) is 18.6 Å². The summed E-state index contributed by atoms with van der Waals surface area (Å²) >= 11 is 5.19. The van der Waals surface area contributed by atoms with Crippen LogP contribution >= 0.6 is 27.3 Å². The molecule has 1 atom stereocenters. The van der Waals surface area contributed by atoms with Crippen molar-refractivity contribution in [3.05, 3.63) is 55.7 Å². The topological polar surface area (TPSA) is 12.0 Å². The summed E-state index contributed by atoms with van der Waals surface area (Å²) in [5.41, 5.74) is 0.742. The second-order valence-electron chi connectivity index (χ2n) is 4.39. The Kier molecular flexibility index (Phi) is 4.71. The summed E-state index contributed by atoms with van der Waals surface area (Å²) in [7, 11) is 0. The molecular weight excluding hydrogens is 332 g/mol. The Balaban J connectivity index is 2.00. The van der Waals surface area contributed by atoms with E-state index in [1.165, 1.54) is 15.8 Å². The predicted molar refractivity (Wildman–Crippen MR) is 78.4 cm³/mol. The summed E-state index contributed by atoms with van der Waals surface area (Å²) in [6.07, 6.45) is 0. The number of halogens is 3. The van der Waals surface area contributed by atoms with Crippen LogP contribution in [0.1, 0.15) is 28.3 Å². The Morgan fingerprint density at radius 3 is 2.58 bits per heavy atom. The van der Waals surface area contributed by atoms with Crippen molar-refractivity contribution in [2.24, 2.45) is 0 Å². The number of rotatable bonds is 4. The van der Waals surface area contributed by atoms with E-state index in [0.29, 0.717) is 6.54 Å². The Morgan fingerprint density at radius 1 is 1.26 bits per heavy atom. The third kappa shape index (κ3) is 3.61. The Morgan fingerprint density at radius 2 is 2.00 bits per heavy atom. The van der Waals surface area contributed by atoms with Gasteiger partial charge in [-0.15, -0.1) is 11.3 Å². The molecule has 0 amide bonds. The van der Waals surface area contributed by atoms with Gasteiger partial charge in [0.25, 0.3) is 0 Å². The molecule has 0 bridgehead atoms. The van der Waals surface area contributed by atoms with Gasteiger partial charge in [0.15, 0.2) is 11.6 Å². The fourth-order valence-corrected chi connectivity index (χ4v) is 3.31. The molecule has 2 aromatic rings. The van der Waals surface area contributed by atoms with Gasteiger partial charge in [-0.3, -0.25) is 0 Å². The first-order valence-corrected chi connectivity index (χ1v) is 7.51. The molecule has 1 aromatic heterocycles. The third-order valence-corrected chi connectivity index (χ3v) is 5.07. The van der Waals surface area contributed by atoms with Crippen LogP contribution in [0.2, 0.25) is 0 Å². The van der Waals surface area contributed by atoms with Gasteiger partial charge in [-0.25, -0.2) is 8.78 Å². The quantitative estimate of drug-likeness (QED) is 0.826. The minimum Gasteiger partial charge on any atom is -0.305 e. The highest BCUT2D eigenvalue weighted by Crippen LogP contribution is 2.26. The van der Waals surface area contributed by atoms with Crippen LogP contribution < -0.4 is 5.32 Å². The minimum absolute atomic E-state index is 0.0312. The van der Waals surface area contributed by atoms with Crippen LogP contribution in [-0.4, -0.2) is 0 Å². The molecule has 0 radical (unpaired) electrons.